The lowest BCUT2D eigenvalue weighted by Crippen LogP contribution is -2.28. The van der Waals surface area contributed by atoms with Gasteiger partial charge in [0.15, 0.2) is 5.82 Å². The minimum Gasteiger partial charge on any atom is -0.307 e. The van der Waals surface area contributed by atoms with Crippen LogP contribution in [0.2, 0.25) is 0 Å². The van der Waals surface area contributed by atoms with Crippen LogP contribution in [0.3, 0.4) is 0 Å². The van der Waals surface area contributed by atoms with E-state index in [1.807, 2.05) is 4.68 Å². The quantitative estimate of drug-likeness (QED) is 0.816. The Labute approximate surface area is 103 Å². The molecule has 0 amide bonds. The van der Waals surface area contributed by atoms with Crippen LogP contribution in [0.1, 0.15) is 46.4 Å². The molecule has 1 aromatic rings. The van der Waals surface area contributed by atoms with Crippen molar-refractivity contribution < 1.29 is 0 Å². The molecular weight excluding hydrogens is 214 g/mol. The van der Waals surface area contributed by atoms with Crippen LogP contribution in [-0.2, 0) is 13.1 Å². The van der Waals surface area contributed by atoms with Crippen molar-refractivity contribution in [2.24, 2.45) is 11.3 Å². The van der Waals surface area contributed by atoms with Gasteiger partial charge in [0.2, 0.25) is 0 Å². The third kappa shape index (κ3) is 3.25. The topological polar surface area (TPSA) is 55.6 Å². The van der Waals surface area contributed by atoms with Crippen molar-refractivity contribution >= 4 is 0 Å². The van der Waals surface area contributed by atoms with E-state index in [2.05, 4.69) is 48.5 Å². The van der Waals surface area contributed by atoms with E-state index < -0.39 is 0 Å². The second-order valence-electron chi connectivity index (χ2n) is 6.05. The average molecular weight is 237 g/mol. The van der Waals surface area contributed by atoms with Gasteiger partial charge in [-0.3, -0.25) is 0 Å². The number of nitrogens with zero attached hydrogens (tertiary/aromatic N) is 4. The van der Waals surface area contributed by atoms with Gasteiger partial charge in [0.05, 0.1) is 13.1 Å². The molecule has 0 spiro atoms. The normalized spacial score (nSPS) is 16.8. The Morgan fingerprint density at radius 1 is 1.41 bits per heavy atom. The molecule has 96 valence electrons. The molecule has 0 bridgehead atoms. The lowest BCUT2D eigenvalue weighted by atomic mass is 9.81. The van der Waals surface area contributed by atoms with Gasteiger partial charge < -0.3 is 5.32 Å². The van der Waals surface area contributed by atoms with Crippen molar-refractivity contribution in [2.45, 2.75) is 59.7 Å². The van der Waals surface area contributed by atoms with Gasteiger partial charge in [-0.15, -0.1) is 5.10 Å². The number of aromatic nitrogens is 4. The third-order valence-electron chi connectivity index (χ3n) is 3.85. The minimum absolute atomic E-state index is 0.212. The molecule has 0 saturated heterocycles. The largest absolute Gasteiger partial charge is 0.307 e. The van der Waals surface area contributed by atoms with Gasteiger partial charge in [-0.1, -0.05) is 27.7 Å². The van der Waals surface area contributed by atoms with Gasteiger partial charge in [-0.25, -0.2) is 4.68 Å². The molecule has 0 radical (unpaired) electrons. The minimum atomic E-state index is 0.212. The van der Waals surface area contributed by atoms with E-state index >= 15 is 0 Å². The molecule has 17 heavy (non-hydrogen) atoms. The summed E-state index contributed by atoms with van der Waals surface area (Å²) in [6, 6.07) is 0.693. The van der Waals surface area contributed by atoms with Crippen molar-refractivity contribution in [3.8, 4) is 0 Å². The summed E-state index contributed by atoms with van der Waals surface area (Å²) in [4.78, 5) is 0. The maximum atomic E-state index is 4.10. The number of hydrogen-bond acceptors (Lipinski definition) is 4. The van der Waals surface area contributed by atoms with Gasteiger partial charge in [-0.2, -0.15) is 0 Å². The first-order chi connectivity index (χ1) is 7.99. The molecule has 1 saturated carbocycles. The number of tetrazole rings is 1. The summed E-state index contributed by atoms with van der Waals surface area (Å²) in [6.45, 7) is 10.7. The smallest absolute Gasteiger partial charge is 0.165 e. The Bertz CT molecular complexity index is 365. The van der Waals surface area contributed by atoms with E-state index in [1.54, 1.807) is 0 Å². The number of rotatable bonds is 6. The Balaban J connectivity index is 1.97. The molecule has 1 fully saturated rings. The highest BCUT2D eigenvalue weighted by Gasteiger charge is 2.26. The molecule has 0 atom stereocenters. The SMILES string of the molecule is CC(C)C(C)(C)Cn1nnnc1CNC1CC1. The fraction of sp³-hybridized carbons (Fsp3) is 0.917. The molecule has 1 aromatic heterocycles. The molecule has 1 aliphatic rings. The Hall–Kier alpha value is -0.970. The zero-order chi connectivity index (χ0) is 12.5. The molecular formula is C12H23N5. The van der Waals surface area contributed by atoms with Crippen LogP contribution in [-0.4, -0.2) is 26.2 Å². The number of nitrogens with one attached hydrogen (secondary N) is 1. The van der Waals surface area contributed by atoms with Crippen LogP contribution in [0.4, 0.5) is 0 Å². The molecule has 1 heterocycles. The molecule has 0 aromatic carbocycles. The van der Waals surface area contributed by atoms with E-state index in [0.717, 1.165) is 18.9 Å². The Morgan fingerprint density at radius 2 is 2.12 bits per heavy atom. The van der Waals surface area contributed by atoms with Crippen molar-refractivity contribution in [3.63, 3.8) is 0 Å². The average Bonchev–Trinajstić information content (AvgIpc) is 2.97. The van der Waals surface area contributed by atoms with Crippen molar-refractivity contribution in [1.29, 1.82) is 0 Å². The highest BCUT2D eigenvalue weighted by molar-refractivity contribution is 4.88. The first-order valence-corrected chi connectivity index (χ1v) is 6.47. The third-order valence-corrected chi connectivity index (χ3v) is 3.85. The molecule has 1 N–H and O–H groups in total. The van der Waals surface area contributed by atoms with Gasteiger partial charge >= 0.3 is 0 Å². The fourth-order valence-corrected chi connectivity index (χ4v) is 1.56. The maximum Gasteiger partial charge on any atom is 0.165 e. The first-order valence-electron chi connectivity index (χ1n) is 6.47. The van der Waals surface area contributed by atoms with Gasteiger partial charge in [0, 0.05) is 6.04 Å². The summed E-state index contributed by atoms with van der Waals surface area (Å²) in [5.74, 6) is 1.56. The number of hydrogen-bond donors (Lipinski definition) is 1. The predicted octanol–water partition coefficient (Wildman–Crippen LogP) is 1.61. The summed E-state index contributed by atoms with van der Waals surface area (Å²) in [6.07, 6.45) is 2.58. The van der Waals surface area contributed by atoms with Crippen molar-refractivity contribution in [1.82, 2.24) is 25.5 Å². The lowest BCUT2D eigenvalue weighted by Gasteiger charge is -2.29. The van der Waals surface area contributed by atoms with Gasteiger partial charge in [0.25, 0.3) is 0 Å². The second kappa shape index (κ2) is 4.72. The maximum absolute atomic E-state index is 4.10. The van der Waals surface area contributed by atoms with E-state index in [-0.39, 0.29) is 5.41 Å². The van der Waals surface area contributed by atoms with Crippen LogP contribution in [0.15, 0.2) is 0 Å². The van der Waals surface area contributed by atoms with Crippen LogP contribution < -0.4 is 5.32 Å². The monoisotopic (exact) mass is 237 g/mol. The molecule has 1 aliphatic carbocycles. The van der Waals surface area contributed by atoms with E-state index in [0.29, 0.717) is 12.0 Å². The highest BCUT2D eigenvalue weighted by Crippen LogP contribution is 2.28. The zero-order valence-electron chi connectivity index (χ0n) is 11.3. The highest BCUT2D eigenvalue weighted by atomic mass is 15.5. The van der Waals surface area contributed by atoms with Crippen molar-refractivity contribution in [3.05, 3.63) is 5.82 Å². The van der Waals surface area contributed by atoms with E-state index in [9.17, 15) is 0 Å². The van der Waals surface area contributed by atoms with E-state index in [4.69, 9.17) is 0 Å². The summed E-state index contributed by atoms with van der Waals surface area (Å²) >= 11 is 0. The van der Waals surface area contributed by atoms with Crippen LogP contribution in [0.5, 0.6) is 0 Å². The van der Waals surface area contributed by atoms with Crippen LogP contribution >= 0.6 is 0 Å². The molecule has 2 rings (SSSR count). The summed E-state index contributed by atoms with van der Waals surface area (Å²) < 4.78 is 1.94. The predicted molar refractivity (Wildman–Crippen MR) is 66.3 cm³/mol. The Kier molecular flexibility index (Phi) is 3.47. The molecule has 0 unspecified atom stereocenters. The zero-order valence-corrected chi connectivity index (χ0v) is 11.3. The Morgan fingerprint density at radius 3 is 2.71 bits per heavy atom. The van der Waals surface area contributed by atoms with Gasteiger partial charge in [0.1, 0.15) is 0 Å². The first kappa shape index (κ1) is 12.5. The summed E-state index contributed by atoms with van der Waals surface area (Å²) in [7, 11) is 0. The standard InChI is InChI=1S/C12H23N5/c1-9(2)12(3,4)8-17-11(14-15-16-17)7-13-10-5-6-10/h9-10,13H,5-8H2,1-4H3. The summed E-state index contributed by atoms with van der Waals surface area (Å²) in [5.41, 5.74) is 0.212. The van der Waals surface area contributed by atoms with Crippen LogP contribution in [0, 0.1) is 11.3 Å². The fourth-order valence-electron chi connectivity index (χ4n) is 1.56. The van der Waals surface area contributed by atoms with Crippen LogP contribution in [0.25, 0.3) is 0 Å². The molecule has 5 nitrogen and oxygen atoms in total. The molecule has 5 heteroatoms. The summed E-state index contributed by atoms with van der Waals surface area (Å²) in [5, 5.41) is 15.4. The molecule has 0 aliphatic heterocycles. The van der Waals surface area contributed by atoms with Crippen molar-refractivity contribution in [2.75, 3.05) is 0 Å². The van der Waals surface area contributed by atoms with E-state index in [1.165, 1.54) is 12.8 Å². The van der Waals surface area contributed by atoms with Gasteiger partial charge in [-0.05, 0) is 34.6 Å². The second-order valence-corrected chi connectivity index (χ2v) is 6.05. The lowest BCUT2D eigenvalue weighted by molar-refractivity contribution is 0.196.